The van der Waals surface area contributed by atoms with Crippen LogP contribution in [-0.2, 0) is 23.7 Å². The number of carbonyl (C=O) groups is 2. The van der Waals surface area contributed by atoms with E-state index in [1.54, 1.807) is 38.6 Å². The molecule has 6 heterocycles. The van der Waals surface area contributed by atoms with Crippen molar-refractivity contribution in [2.75, 3.05) is 36.8 Å². The molecule has 12 nitrogen and oxygen atoms in total. The van der Waals surface area contributed by atoms with Gasteiger partial charge in [-0.3, -0.25) is 29.5 Å². The van der Waals surface area contributed by atoms with Crippen molar-refractivity contribution in [1.82, 2.24) is 38.9 Å². The number of benzene rings is 4. The summed E-state index contributed by atoms with van der Waals surface area (Å²) in [6, 6.07) is 26.1. The highest BCUT2D eigenvalue weighted by atomic mass is 16.2. The Morgan fingerprint density at radius 3 is 1.54 bits per heavy atom. The summed E-state index contributed by atoms with van der Waals surface area (Å²) in [6.45, 7) is 6.39. The van der Waals surface area contributed by atoms with Crippen LogP contribution in [0, 0.1) is 0 Å². The summed E-state index contributed by atoms with van der Waals surface area (Å²) in [4.78, 5) is 45.6. The molecule has 2 aliphatic rings. The molecule has 2 amide bonds. The lowest BCUT2D eigenvalue weighted by Gasteiger charge is -2.33. The summed E-state index contributed by atoms with van der Waals surface area (Å²) >= 11 is 0. The van der Waals surface area contributed by atoms with Crippen molar-refractivity contribution in [3.63, 3.8) is 0 Å². The second kappa shape index (κ2) is 15.8. The van der Waals surface area contributed by atoms with Crippen LogP contribution in [0.3, 0.4) is 0 Å². The second-order valence-corrected chi connectivity index (χ2v) is 15.8. The Balaban J connectivity index is 0.000000152. The van der Waals surface area contributed by atoms with Gasteiger partial charge in [-0.2, -0.15) is 0 Å². The number of likely N-dealkylation sites (tertiary alicyclic amines) is 2. The Bertz CT molecular complexity index is 2860. The zero-order valence-corrected chi connectivity index (χ0v) is 33.9. The second-order valence-electron chi connectivity index (χ2n) is 15.8. The standard InChI is InChI=1S/C24H25N5O.C23H23N5O/c1-16(30)29-10-3-4-19(15-29)27-20-13-21(24-22(14-20)25-8-9-26-24)18-6-5-17-7-11-28(2)23(17)12-18;1-15(29)28-10-6-18(14-28)26-19-12-20(23-21(13-19)24-7-8-25-23)17-4-3-16-5-9-27(2)22(16)11-17/h5-9,11-14,19,27H,3-4,10,15H2,1-2H3;3-5,7-9,11-13,18,26H,6,10,14H2,1-2H3/t19-;18-/m00/s1. The maximum atomic E-state index is 11.8. The molecule has 0 saturated carbocycles. The minimum Gasteiger partial charge on any atom is -0.380 e. The van der Waals surface area contributed by atoms with Crippen LogP contribution in [0.4, 0.5) is 11.4 Å². The van der Waals surface area contributed by atoms with Crippen LogP contribution in [0.2, 0.25) is 0 Å². The highest BCUT2D eigenvalue weighted by molar-refractivity contribution is 5.98. The number of fused-ring (bicyclic) bond motifs is 4. The van der Waals surface area contributed by atoms with Gasteiger partial charge >= 0.3 is 0 Å². The molecule has 0 radical (unpaired) electrons. The fraction of sp³-hybridized carbons (Fsp3) is 0.277. The molecule has 0 aliphatic carbocycles. The van der Waals surface area contributed by atoms with Crippen LogP contribution in [0.15, 0.2) is 110 Å². The number of hydrogen-bond acceptors (Lipinski definition) is 8. The molecule has 8 aromatic rings. The number of nitrogens with zero attached hydrogens (tertiary/aromatic N) is 8. The first-order valence-electron chi connectivity index (χ1n) is 20.3. The van der Waals surface area contributed by atoms with Crippen LogP contribution in [-0.4, -0.2) is 88.9 Å². The summed E-state index contributed by atoms with van der Waals surface area (Å²) in [6.07, 6.45) is 14.1. The van der Waals surface area contributed by atoms with Gasteiger partial charge in [-0.25, -0.2) is 0 Å². The first-order valence-corrected chi connectivity index (χ1v) is 20.3. The van der Waals surface area contributed by atoms with Gasteiger partial charge in [0.25, 0.3) is 0 Å². The van der Waals surface area contributed by atoms with E-state index in [2.05, 4.69) is 133 Å². The summed E-state index contributed by atoms with van der Waals surface area (Å²) in [5.74, 6) is 0.276. The molecule has 2 saturated heterocycles. The van der Waals surface area contributed by atoms with Crippen molar-refractivity contribution in [2.24, 2.45) is 14.1 Å². The molecule has 4 aromatic carbocycles. The minimum absolute atomic E-state index is 0.134. The number of nitrogens with one attached hydrogen (secondary N) is 2. The van der Waals surface area contributed by atoms with E-state index >= 15 is 0 Å². The van der Waals surface area contributed by atoms with Gasteiger partial charge in [0.05, 0.1) is 22.1 Å². The number of rotatable bonds is 6. The Hall–Kier alpha value is -6.82. The number of amides is 2. The van der Waals surface area contributed by atoms with Gasteiger partial charge in [0.15, 0.2) is 0 Å². The Morgan fingerprint density at radius 1 is 0.576 bits per heavy atom. The number of hydrogen-bond donors (Lipinski definition) is 2. The minimum atomic E-state index is 0.134. The van der Waals surface area contributed by atoms with E-state index < -0.39 is 0 Å². The van der Waals surface area contributed by atoms with Crippen LogP contribution in [0.5, 0.6) is 0 Å². The average Bonchev–Trinajstić information content (AvgIpc) is 3.98. The number of aromatic nitrogens is 6. The molecule has 10 rings (SSSR count). The summed E-state index contributed by atoms with van der Waals surface area (Å²) in [7, 11) is 4.12. The molecule has 2 aliphatic heterocycles. The number of piperidine rings is 1. The zero-order valence-electron chi connectivity index (χ0n) is 33.9. The summed E-state index contributed by atoms with van der Waals surface area (Å²) < 4.78 is 4.26. The third-order valence-corrected chi connectivity index (χ3v) is 11.8. The summed E-state index contributed by atoms with van der Waals surface area (Å²) in [5, 5.41) is 9.69. The van der Waals surface area contributed by atoms with Gasteiger partial charge in [-0.05, 0) is 89.7 Å². The topological polar surface area (TPSA) is 126 Å². The third-order valence-electron chi connectivity index (χ3n) is 11.8. The van der Waals surface area contributed by atoms with Crippen LogP contribution in [0.25, 0.3) is 66.1 Å². The smallest absolute Gasteiger partial charge is 0.219 e. The van der Waals surface area contributed by atoms with Crippen molar-refractivity contribution in [3.05, 3.63) is 110 Å². The first kappa shape index (κ1) is 37.7. The van der Waals surface area contributed by atoms with Gasteiger partial charge in [0.1, 0.15) is 0 Å². The fourth-order valence-corrected chi connectivity index (χ4v) is 8.63. The quantitative estimate of drug-likeness (QED) is 0.174. The number of aryl methyl sites for hydroxylation is 2. The Kier molecular flexibility index (Phi) is 10.1. The fourth-order valence-electron chi connectivity index (χ4n) is 8.63. The molecular weight excluding hydrogens is 737 g/mol. The lowest BCUT2D eigenvalue weighted by atomic mass is 10.0. The largest absolute Gasteiger partial charge is 0.380 e. The average molecular weight is 785 g/mol. The number of anilines is 2. The van der Waals surface area contributed by atoms with E-state index in [9.17, 15) is 9.59 Å². The molecule has 2 atom stereocenters. The lowest BCUT2D eigenvalue weighted by molar-refractivity contribution is -0.130. The summed E-state index contributed by atoms with van der Waals surface area (Å²) in [5.41, 5.74) is 12.3. The van der Waals surface area contributed by atoms with Crippen LogP contribution < -0.4 is 10.6 Å². The van der Waals surface area contributed by atoms with Crippen LogP contribution in [0.1, 0.15) is 33.1 Å². The van der Waals surface area contributed by atoms with E-state index in [4.69, 9.17) is 0 Å². The van der Waals surface area contributed by atoms with E-state index in [1.165, 1.54) is 21.8 Å². The molecule has 2 N–H and O–H groups in total. The van der Waals surface area contributed by atoms with Crippen LogP contribution >= 0.6 is 0 Å². The third kappa shape index (κ3) is 7.77. The van der Waals surface area contributed by atoms with Gasteiger partial charge in [0.2, 0.25) is 11.8 Å². The molecule has 59 heavy (non-hydrogen) atoms. The highest BCUT2D eigenvalue weighted by Crippen LogP contribution is 2.34. The van der Waals surface area contributed by atoms with E-state index in [1.807, 2.05) is 15.9 Å². The number of carbonyl (C=O) groups excluding carboxylic acids is 2. The predicted molar refractivity (Wildman–Crippen MR) is 236 cm³/mol. The molecule has 298 valence electrons. The zero-order chi connectivity index (χ0) is 40.6. The highest BCUT2D eigenvalue weighted by Gasteiger charge is 2.25. The first-order chi connectivity index (χ1) is 28.7. The Labute approximate surface area is 342 Å². The maximum Gasteiger partial charge on any atom is 0.219 e. The van der Waals surface area contributed by atoms with Crippen molar-refractivity contribution in [3.8, 4) is 22.3 Å². The van der Waals surface area contributed by atoms with E-state index in [-0.39, 0.29) is 23.9 Å². The molecule has 0 bridgehead atoms. The van der Waals surface area contributed by atoms with Gasteiger partial charge in [-0.1, -0.05) is 24.3 Å². The van der Waals surface area contributed by atoms with Gasteiger partial charge in [-0.15, -0.1) is 0 Å². The van der Waals surface area contributed by atoms with Crippen molar-refractivity contribution in [2.45, 2.75) is 45.2 Å². The normalized spacial score (nSPS) is 16.7. The molecule has 0 unspecified atom stereocenters. The predicted octanol–water partition coefficient (Wildman–Crippen LogP) is 8.03. The molecule has 2 fully saturated rings. The SMILES string of the molecule is CC(=O)N1CCC[C@H](Nc2cc(-c3ccc4ccn(C)c4c3)c3nccnc3c2)C1.CC(=O)N1CC[C@H](Nc2cc(-c3ccc4ccn(C)c4c3)c3nccnc3c2)C1. The monoisotopic (exact) mass is 784 g/mol. The molecule has 4 aromatic heterocycles. The lowest BCUT2D eigenvalue weighted by Crippen LogP contribution is -2.44. The Morgan fingerprint density at radius 2 is 1.05 bits per heavy atom. The van der Waals surface area contributed by atoms with Gasteiger partial charge < -0.3 is 29.6 Å². The van der Waals surface area contributed by atoms with Crippen molar-refractivity contribution in [1.29, 1.82) is 0 Å². The molecule has 0 spiro atoms. The van der Waals surface area contributed by atoms with E-state index in [0.29, 0.717) is 0 Å². The maximum absolute atomic E-state index is 11.8. The van der Waals surface area contributed by atoms with Crippen molar-refractivity contribution < 1.29 is 9.59 Å². The molecule has 12 heteroatoms. The van der Waals surface area contributed by atoms with Gasteiger partial charge in [0, 0.05) is 137 Å². The van der Waals surface area contributed by atoms with Crippen molar-refractivity contribution >= 4 is 67.1 Å². The molecular formula is C47H48N10O2. The van der Waals surface area contributed by atoms with E-state index in [0.717, 1.165) is 101 Å².